The number of aliphatic hydroxyl groups excluding tert-OH is 1. The molecule has 0 radical (unpaired) electrons. The number of alkyl halides is 3. The molecule has 0 fully saturated rings. The molecule has 0 bridgehead atoms. The van der Waals surface area contributed by atoms with Crippen LogP contribution in [0.15, 0.2) is 72.8 Å². The maximum Gasteiger partial charge on any atom is 0.416 e. The summed E-state index contributed by atoms with van der Waals surface area (Å²) in [7, 11) is 1.48. The van der Waals surface area contributed by atoms with Crippen molar-refractivity contribution in [3.05, 3.63) is 89.5 Å². The zero-order chi connectivity index (χ0) is 22.4. The van der Waals surface area contributed by atoms with Gasteiger partial charge in [-0.1, -0.05) is 36.4 Å². The molecule has 3 aromatic rings. The first-order chi connectivity index (χ1) is 14.8. The molecule has 0 saturated heterocycles. The first-order valence-electron chi connectivity index (χ1n) is 9.39. The fraction of sp³-hybridized carbons (Fsp3) is 0.174. The van der Waals surface area contributed by atoms with Crippen molar-refractivity contribution in [3.63, 3.8) is 0 Å². The van der Waals surface area contributed by atoms with Crippen LogP contribution in [0.25, 0.3) is 0 Å². The van der Waals surface area contributed by atoms with E-state index >= 15 is 0 Å². The Kier molecular flexibility index (Phi) is 6.81. The van der Waals surface area contributed by atoms with Gasteiger partial charge in [0.05, 0.1) is 19.3 Å². The van der Waals surface area contributed by atoms with Crippen LogP contribution in [0, 0.1) is 0 Å². The SMILES string of the molecule is COc1ccc(NC(C(=O)Nc2cccc(C(F)(F)F)c2)c2ccccc2)cc1CO. The summed E-state index contributed by atoms with van der Waals surface area (Å²) in [6.07, 6.45) is -4.51. The van der Waals surface area contributed by atoms with Crippen LogP contribution < -0.4 is 15.4 Å². The van der Waals surface area contributed by atoms with Gasteiger partial charge >= 0.3 is 6.18 Å². The highest BCUT2D eigenvalue weighted by atomic mass is 19.4. The van der Waals surface area contributed by atoms with Crippen molar-refractivity contribution < 1.29 is 27.8 Å². The van der Waals surface area contributed by atoms with E-state index in [0.29, 0.717) is 22.6 Å². The van der Waals surface area contributed by atoms with Crippen LogP contribution in [0.3, 0.4) is 0 Å². The van der Waals surface area contributed by atoms with E-state index in [1.54, 1.807) is 48.5 Å². The van der Waals surface area contributed by atoms with Crippen LogP contribution in [0.4, 0.5) is 24.5 Å². The fourth-order valence-corrected chi connectivity index (χ4v) is 3.09. The number of amides is 1. The van der Waals surface area contributed by atoms with E-state index in [2.05, 4.69) is 10.6 Å². The van der Waals surface area contributed by atoms with Crippen LogP contribution >= 0.6 is 0 Å². The molecule has 1 atom stereocenters. The second-order valence-corrected chi connectivity index (χ2v) is 6.74. The maximum absolute atomic E-state index is 13.0. The summed E-state index contributed by atoms with van der Waals surface area (Å²) in [6, 6.07) is 17.3. The Hall–Kier alpha value is -3.52. The standard InChI is InChI=1S/C23H21F3N2O3/c1-31-20-11-10-19(12-16(20)14-29)27-21(15-6-3-2-4-7-15)22(30)28-18-9-5-8-17(13-18)23(24,25)26/h2-13,21,27,29H,14H2,1H3,(H,28,30). The Morgan fingerprint density at radius 2 is 1.74 bits per heavy atom. The molecule has 0 aliphatic rings. The van der Waals surface area contributed by atoms with E-state index < -0.39 is 23.7 Å². The van der Waals surface area contributed by atoms with Gasteiger partial charge in [0, 0.05) is 16.9 Å². The van der Waals surface area contributed by atoms with Gasteiger partial charge in [-0.3, -0.25) is 4.79 Å². The Bertz CT molecular complexity index is 1040. The molecule has 1 unspecified atom stereocenters. The minimum absolute atomic E-state index is 0.0355. The predicted molar refractivity (Wildman–Crippen MR) is 112 cm³/mol. The van der Waals surface area contributed by atoms with Crippen LogP contribution in [0.5, 0.6) is 5.75 Å². The van der Waals surface area contributed by atoms with Crippen LogP contribution in [-0.4, -0.2) is 18.1 Å². The van der Waals surface area contributed by atoms with Crippen molar-refractivity contribution in [1.82, 2.24) is 0 Å². The fourth-order valence-electron chi connectivity index (χ4n) is 3.09. The first kappa shape index (κ1) is 22.2. The summed E-state index contributed by atoms with van der Waals surface area (Å²) in [5.41, 5.74) is 0.870. The van der Waals surface area contributed by atoms with Crippen molar-refractivity contribution in [2.24, 2.45) is 0 Å². The lowest BCUT2D eigenvalue weighted by molar-refractivity contribution is -0.137. The molecule has 3 rings (SSSR count). The van der Waals surface area contributed by atoms with E-state index in [4.69, 9.17) is 4.74 Å². The van der Waals surface area contributed by atoms with Gasteiger partial charge in [-0.15, -0.1) is 0 Å². The van der Waals surface area contributed by atoms with E-state index in [9.17, 15) is 23.1 Å². The van der Waals surface area contributed by atoms with E-state index in [0.717, 1.165) is 12.1 Å². The molecule has 0 saturated carbocycles. The van der Waals surface area contributed by atoms with Gasteiger partial charge in [-0.25, -0.2) is 0 Å². The van der Waals surface area contributed by atoms with Crippen LogP contribution in [-0.2, 0) is 17.6 Å². The molecule has 5 nitrogen and oxygen atoms in total. The van der Waals surface area contributed by atoms with Crippen LogP contribution in [0.2, 0.25) is 0 Å². The molecule has 3 N–H and O–H groups in total. The first-order valence-corrected chi connectivity index (χ1v) is 9.39. The summed E-state index contributed by atoms with van der Waals surface area (Å²) >= 11 is 0. The van der Waals surface area contributed by atoms with E-state index in [-0.39, 0.29) is 12.3 Å². The molecule has 0 aliphatic heterocycles. The quantitative estimate of drug-likeness (QED) is 0.494. The van der Waals surface area contributed by atoms with Gasteiger partial charge < -0.3 is 20.5 Å². The molecule has 3 aromatic carbocycles. The molecule has 0 aliphatic carbocycles. The molecule has 0 spiro atoms. The number of methoxy groups -OCH3 is 1. The summed E-state index contributed by atoms with van der Waals surface area (Å²) in [6.45, 7) is -0.259. The van der Waals surface area contributed by atoms with E-state index in [1.807, 2.05) is 0 Å². The summed E-state index contributed by atoms with van der Waals surface area (Å²) < 4.78 is 44.2. The Morgan fingerprint density at radius 3 is 2.39 bits per heavy atom. The number of benzene rings is 3. The monoisotopic (exact) mass is 430 g/mol. The largest absolute Gasteiger partial charge is 0.496 e. The lowest BCUT2D eigenvalue weighted by atomic mass is 10.0. The Balaban J connectivity index is 1.89. The normalized spacial score (nSPS) is 12.2. The molecule has 8 heteroatoms. The van der Waals surface area contributed by atoms with Gasteiger partial charge in [0.15, 0.2) is 0 Å². The maximum atomic E-state index is 13.0. The second kappa shape index (κ2) is 9.53. The van der Waals surface area contributed by atoms with Crippen molar-refractivity contribution in [2.75, 3.05) is 17.7 Å². The minimum Gasteiger partial charge on any atom is -0.496 e. The molecule has 162 valence electrons. The third kappa shape index (κ3) is 5.55. The topological polar surface area (TPSA) is 70.6 Å². The smallest absolute Gasteiger partial charge is 0.416 e. The highest BCUT2D eigenvalue weighted by Gasteiger charge is 2.31. The lowest BCUT2D eigenvalue weighted by Crippen LogP contribution is -2.27. The van der Waals surface area contributed by atoms with Crippen molar-refractivity contribution >= 4 is 17.3 Å². The average molecular weight is 430 g/mol. The van der Waals surface area contributed by atoms with Crippen molar-refractivity contribution in [2.45, 2.75) is 18.8 Å². The molecule has 1 amide bonds. The summed E-state index contributed by atoms with van der Waals surface area (Å²) in [5, 5.41) is 15.2. The lowest BCUT2D eigenvalue weighted by Gasteiger charge is -2.21. The van der Waals surface area contributed by atoms with E-state index in [1.165, 1.54) is 19.2 Å². The number of hydrogen-bond donors (Lipinski definition) is 3. The zero-order valence-electron chi connectivity index (χ0n) is 16.6. The molecular formula is C23H21F3N2O3. The molecule has 0 aromatic heterocycles. The van der Waals surface area contributed by atoms with Gasteiger partial charge in [-0.2, -0.15) is 13.2 Å². The number of anilines is 2. The van der Waals surface area contributed by atoms with Crippen LogP contribution in [0.1, 0.15) is 22.7 Å². The average Bonchev–Trinajstić information content (AvgIpc) is 2.77. The number of carbonyl (C=O) groups is 1. The zero-order valence-corrected chi connectivity index (χ0v) is 16.6. The van der Waals surface area contributed by atoms with Gasteiger partial charge in [0.25, 0.3) is 5.91 Å². The van der Waals surface area contributed by atoms with Gasteiger partial charge in [-0.05, 0) is 42.0 Å². The third-order valence-electron chi connectivity index (χ3n) is 4.61. The molecular weight excluding hydrogens is 409 g/mol. The van der Waals surface area contributed by atoms with Crippen molar-refractivity contribution in [3.8, 4) is 5.75 Å². The number of halogens is 3. The van der Waals surface area contributed by atoms with Crippen molar-refractivity contribution in [1.29, 1.82) is 0 Å². The Morgan fingerprint density at radius 1 is 1.00 bits per heavy atom. The van der Waals surface area contributed by atoms with Gasteiger partial charge in [0.1, 0.15) is 11.8 Å². The molecule has 0 heterocycles. The molecule has 31 heavy (non-hydrogen) atoms. The number of ether oxygens (including phenoxy) is 1. The Labute approximate surface area is 177 Å². The third-order valence-corrected chi connectivity index (χ3v) is 4.61. The number of rotatable bonds is 7. The number of aliphatic hydroxyl groups is 1. The number of hydrogen-bond acceptors (Lipinski definition) is 4. The minimum atomic E-state index is -4.51. The summed E-state index contributed by atoms with van der Waals surface area (Å²) in [4.78, 5) is 13.0. The van der Waals surface area contributed by atoms with Gasteiger partial charge in [0.2, 0.25) is 0 Å². The number of nitrogens with one attached hydrogen (secondary N) is 2. The highest BCUT2D eigenvalue weighted by molar-refractivity contribution is 5.97. The second-order valence-electron chi connectivity index (χ2n) is 6.74. The predicted octanol–water partition coefficient (Wildman–Crippen LogP) is 5.00. The highest BCUT2D eigenvalue weighted by Crippen LogP contribution is 2.31. The number of carbonyl (C=O) groups excluding carboxylic acids is 1. The summed E-state index contributed by atoms with van der Waals surface area (Å²) in [5.74, 6) is -0.0374.